The third kappa shape index (κ3) is 11.6. The highest BCUT2D eigenvalue weighted by atomic mass is 31.2. The second kappa shape index (κ2) is 22.6. The molecule has 0 atom stereocenters. The first-order valence-corrected chi connectivity index (χ1v) is 31.4. The van der Waals surface area contributed by atoms with Gasteiger partial charge in [0.1, 0.15) is 57.7 Å². The van der Waals surface area contributed by atoms with E-state index in [-0.39, 0.29) is 37.5 Å². The molecule has 0 bridgehead atoms. The predicted octanol–water partition coefficient (Wildman–Crippen LogP) is 13.0. The van der Waals surface area contributed by atoms with E-state index >= 15 is 18.3 Å². The third-order valence-corrected chi connectivity index (χ3v) is 23.5. The Morgan fingerprint density at radius 2 is 0.423 bits per heavy atom. The minimum absolute atomic E-state index is 0.168. The Morgan fingerprint density at radius 1 is 0.239 bits per heavy atom. The molecule has 0 aliphatic carbocycles. The number of benzene rings is 9. The smallest absolute Gasteiger partial charge is 0.194 e. The Bertz CT molecular complexity index is 2870. The molecule has 7 nitrogen and oxygen atoms in total. The SMILES string of the molecule is O=P(COc1ccccc1CP(=O)(c1ccccc1)c1ccccc1)(COc1ccccc1CP(=O)(c1ccccc1)c1ccccc1)COc1ccccc1CP(=O)(c1ccccc1)c1ccccc1. The zero-order valence-corrected chi connectivity index (χ0v) is 42.7. The standard InChI is InChI=1S/C60H54O7P4/c61-68(46-65-58-40-22-19-25-49(58)43-69(62,52-28-7-1-8-29-52)53-30-9-2-10-31-53,47-66-59-41-23-20-26-50(59)44-70(63,54-32-11-3-12-33-54)55-34-13-4-14-35-55)48-67-60-42-24-21-27-51(60)45-71(64,56-36-15-5-16-37-56)57-38-17-6-18-39-57/h1-42H,43-48H2. The molecular weight excluding hydrogens is 957 g/mol. The molecule has 11 heteroatoms. The minimum Gasteiger partial charge on any atom is -0.485 e. The maximum absolute atomic E-state index is 15.7. The molecular formula is C60H54O7P4. The zero-order valence-electron chi connectivity index (χ0n) is 39.1. The molecule has 0 saturated heterocycles. The largest absolute Gasteiger partial charge is 0.485 e. The van der Waals surface area contributed by atoms with Crippen molar-refractivity contribution in [3.8, 4) is 17.2 Å². The molecule has 0 aliphatic heterocycles. The summed E-state index contributed by atoms with van der Waals surface area (Å²) in [5.74, 6) is 1.33. The fourth-order valence-electron chi connectivity index (χ4n) is 8.73. The highest BCUT2D eigenvalue weighted by Gasteiger charge is 2.34. The van der Waals surface area contributed by atoms with E-state index in [4.69, 9.17) is 14.2 Å². The van der Waals surface area contributed by atoms with E-state index in [9.17, 15) is 0 Å². The molecule has 0 spiro atoms. The van der Waals surface area contributed by atoms with Gasteiger partial charge in [0.05, 0.1) is 0 Å². The number of hydrogen-bond acceptors (Lipinski definition) is 7. The van der Waals surface area contributed by atoms with Crippen molar-refractivity contribution in [3.63, 3.8) is 0 Å². The summed E-state index contributed by atoms with van der Waals surface area (Å²) in [5.41, 5.74) is 2.09. The van der Waals surface area contributed by atoms with Crippen LogP contribution in [0.3, 0.4) is 0 Å². The van der Waals surface area contributed by atoms with E-state index in [1.807, 2.05) is 255 Å². The Balaban J connectivity index is 1.04. The molecule has 0 aliphatic rings. The van der Waals surface area contributed by atoms with Gasteiger partial charge in [-0.3, -0.25) is 0 Å². The summed E-state index contributed by atoms with van der Waals surface area (Å²) in [4.78, 5) is 0. The van der Waals surface area contributed by atoms with Gasteiger partial charge in [-0.1, -0.05) is 237 Å². The second-order valence-electron chi connectivity index (χ2n) is 17.4. The lowest BCUT2D eigenvalue weighted by Gasteiger charge is -2.25. The van der Waals surface area contributed by atoms with Crippen molar-refractivity contribution in [1.29, 1.82) is 0 Å². The van der Waals surface area contributed by atoms with Crippen molar-refractivity contribution in [1.82, 2.24) is 0 Å². The first-order valence-electron chi connectivity index (χ1n) is 23.5. The van der Waals surface area contributed by atoms with Crippen molar-refractivity contribution in [3.05, 3.63) is 271 Å². The molecule has 71 heavy (non-hydrogen) atoms. The molecule has 0 N–H and O–H groups in total. The van der Waals surface area contributed by atoms with Gasteiger partial charge in [0, 0.05) is 67.0 Å². The average molecular weight is 1010 g/mol. The van der Waals surface area contributed by atoms with Crippen LogP contribution in [0.5, 0.6) is 17.2 Å². The third-order valence-electron chi connectivity index (χ3n) is 12.5. The van der Waals surface area contributed by atoms with Crippen LogP contribution in [-0.4, -0.2) is 19.0 Å². The van der Waals surface area contributed by atoms with E-state index in [1.165, 1.54) is 0 Å². The molecule has 9 rings (SSSR count). The van der Waals surface area contributed by atoms with Gasteiger partial charge in [0.15, 0.2) is 7.14 Å². The number of ether oxygens (including phenoxy) is 3. The van der Waals surface area contributed by atoms with Crippen LogP contribution in [0.2, 0.25) is 0 Å². The van der Waals surface area contributed by atoms with Gasteiger partial charge in [-0.15, -0.1) is 0 Å². The molecule has 0 unspecified atom stereocenters. The van der Waals surface area contributed by atoms with Crippen LogP contribution in [-0.2, 0) is 36.7 Å². The van der Waals surface area contributed by atoms with Crippen LogP contribution < -0.4 is 46.0 Å². The fraction of sp³-hybridized carbons (Fsp3) is 0.100. The van der Waals surface area contributed by atoms with E-state index in [0.717, 1.165) is 31.8 Å². The van der Waals surface area contributed by atoms with Crippen LogP contribution in [0.4, 0.5) is 0 Å². The molecule has 0 saturated carbocycles. The summed E-state index contributed by atoms with van der Waals surface area (Å²) < 4.78 is 81.4. The van der Waals surface area contributed by atoms with Crippen molar-refractivity contribution in [2.45, 2.75) is 18.5 Å². The van der Waals surface area contributed by atoms with Gasteiger partial charge < -0.3 is 32.5 Å². The van der Waals surface area contributed by atoms with Crippen LogP contribution in [0.25, 0.3) is 0 Å². The average Bonchev–Trinajstić information content (AvgIpc) is 3.43. The van der Waals surface area contributed by atoms with Gasteiger partial charge in [0.25, 0.3) is 0 Å². The molecule has 0 radical (unpaired) electrons. The first kappa shape index (κ1) is 49.3. The monoisotopic (exact) mass is 1010 g/mol. The van der Waals surface area contributed by atoms with Crippen molar-refractivity contribution in [2.75, 3.05) is 19.0 Å². The maximum atomic E-state index is 15.7. The van der Waals surface area contributed by atoms with Crippen LogP contribution >= 0.6 is 28.6 Å². The summed E-state index contributed by atoms with van der Waals surface area (Å²) in [7, 11) is -13.3. The molecule has 356 valence electrons. The topological polar surface area (TPSA) is 96.0 Å². The maximum Gasteiger partial charge on any atom is 0.194 e. The van der Waals surface area contributed by atoms with Crippen molar-refractivity contribution >= 4 is 60.4 Å². The first-order chi connectivity index (χ1) is 34.7. The van der Waals surface area contributed by atoms with Crippen LogP contribution in [0, 0.1) is 0 Å². The Hall–Kier alpha value is -6.70. The Morgan fingerprint density at radius 3 is 0.634 bits per heavy atom. The second-order valence-corrected chi connectivity index (χ2v) is 28.8. The fourth-order valence-corrected chi connectivity index (χ4v) is 18.2. The summed E-state index contributed by atoms with van der Waals surface area (Å²) in [6.45, 7) is 0. The van der Waals surface area contributed by atoms with Crippen LogP contribution in [0.15, 0.2) is 255 Å². The van der Waals surface area contributed by atoms with Crippen molar-refractivity contribution in [2.24, 2.45) is 0 Å². The Labute approximate surface area is 417 Å². The van der Waals surface area contributed by atoms with Gasteiger partial charge in [0.2, 0.25) is 0 Å². The van der Waals surface area contributed by atoms with Crippen molar-refractivity contribution < 1.29 is 32.5 Å². The Kier molecular flexibility index (Phi) is 15.7. The quantitative estimate of drug-likeness (QED) is 0.0662. The molecule has 0 heterocycles. The van der Waals surface area contributed by atoms with Gasteiger partial charge >= 0.3 is 0 Å². The molecule has 0 aromatic heterocycles. The summed E-state index contributed by atoms with van der Waals surface area (Å²) in [5, 5.41) is 4.33. The van der Waals surface area contributed by atoms with E-state index in [0.29, 0.717) is 33.9 Å². The van der Waals surface area contributed by atoms with Gasteiger partial charge in [-0.05, 0) is 18.2 Å². The normalized spacial score (nSPS) is 11.9. The number of hydrogen-bond donors (Lipinski definition) is 0. The summed E-state index contributed by atoms with van der Waals surface area (Å²) in [6, 6.07) is 79.2. The van der Waals surface area contributed by atoms with E-state index in [1.54, 1.807) is 0 Å². The zero-order chi connectivity index (χ0) is 49.0. The van der Waals surface area contributed by atoms with Gasteiger partial charge in [-0.25, -0.2) is 0 Å². The summed E-state index contributed by atoms with van der Waals surface area (Å²) >= 11 is 0. The molecule has 9 aromatic carbocycles. The molecule has 0 amide bonds. The van der Waals surface area contributed by atoms with Crippen LogP contribution in [0.1, 0.15) is 16.7 Å². The van der Waals surface area contributed by atoms with E-state index < -0.39 is 28.6 Å². The lowest BCUT2D eigenvalue weighted by Crippen LogP contribution is -2.19. The minimum atomic E-state index is -3.65. The number of para-hydroxylation sites is 3. The van der Waals surface area contributed by atoms with E-state index in [2.05, 4.69) is 0 Å². The predicted molar refractivity (Wildman–Crippen MR) is 294 cm³/mol. The molecule has 0 fully saturated rings. The number of rotatable bonds is 21. The lowest BCUT2D eigenvalue weighted by atomic mass is 10.2. The lowest BCUT2D eigenvalue weighted by molar-refractivity contribution is 0.316. The highest BCUT2D eigenvalue weighted by Crippen LogP contribution is 2.53. The molecule has 9 aromatic rings. The van der Waals surface area contributed by atoms with Gasteiger partial charge in [-0.2, -0.15) is 0 Å². The summed E-state index contributed by atoms with van der Waals surface area (Å²) in [6.07, 6.45) is -0.347. The highest BCUT2D eigenvalue weighted by molar-refractivity contribution is 7.78.